The minimum atomic E-state index is -4.45. The number of hydrogen-bond acceptors (Lipinski definition) is 3. The Labute approximate surface area is 163 Å². The van der Waals surface area contributed by atoms with E-state index in [4.69, 9.17) is 4.55 Å². The summed E-state index contributed by atoms with van der Waals surface area (Å²) in [6.45, 7) is -0.196. The van der Waals surface area contributed by atoms with Crippen LogP contribution in [-0.4, -0.2) is 19.2 Å². The molecule has 3 aromatic rings. The van der Waals surface area contributed by atoms with Crippen molar-refractivity contribution in [2.75, 3.05) is 6.26 Å². The topological polar surface area (TPSA) is 63.6 Å². The van der Waals surface area contributed by atoms with Gasteiger partial charge in [-0.2, -0.15) is 8.42 Å². The fourth-order valence-electron chi connectivity index (χ4n) is 2.78. The lowest BCUT2D eigenvalue weighted by atomic mass is 10.0. The summed E-state index contributed by atoms with van der Waals surface area (Å²) in [4.78, 5) is 1.27. The van der Waals surface area contributed by atoms with Crippen LogP contribution in [0.2, 0.25) is 0 Å². The maximum Gasteiger partial charge on any atom is 0.397 e. The van der Waals surface area contributed by atoms with Crippen molar-refractivity contribution >= 4 is 21.3 Å². The first-order chi connectivity index (χ1) is 12.9. The Balaban J connectivity index is 1.79. The van der Waals surface area contributed by atoms with Gasteiger partial charge in [0.2, 0.25) is 0 Å². The van der Waals surface area contributed by atoms with E-state index in [9.17, 15) is 8.42 Å². The minimum absolute atomic E-state index is 0.0740. The number of hydrogen-bond donors (Lipinski definition) is 1. The van der Waals surface area contributed by atoms with E-state index in [-0.39, 0.29) is 17.5 Å². The lowest BCUT2D eigenvalue weighted by Crippen LogP contribution is -2.04. The molecule has 0 aliphatic heterocycles. The smallest absolute Gasteiger partial charge is 0.264 e. The predicted octanol–water partition coefficient (Wildman–Crippen LogP) is 4.48. The molecule has 0 fully saturated rings. The molecule has 0 aliphatic carbocycles. The van der Waals surface area contributed by atoms with Gasteiger partial charge in [0.15, 0.2) is 4.90 Å². The largest absolute Gasteiger partial charge is 0.397 e. The third-order valence-electron chi connectivity index (χ3n) is 4.10. The molecular weight excluding hydrogens is 380 g/mol. The van der Waals surface area contributed by atoms with Gasteiger partial charge in [0.05, 0.1) is 6.61 Å². The van der Waals surface area contributed by atoms with Crippen LogP contribution in [0.4, 0.5) is 0 Å². The second kappa shape index (κ2) is 8.71. The van der Waals surface area contributed by atoms with E-state index in [0.717, 1.165) is 16.9 Å². The average molecular weight is 402 g/mol. The van der Waals surface area contributed by atoms with Crippen molar-refractivity contribution in [3.8, 4) is 11.1 Å². The van der Waals surface area contributed by atoms with Crippen LogP contribution in [0.15, 0.2) is 83.8 Å². The zero-order valence-electron chi connectivity index (χ0n) is 14.9. The summed E-state index contributed by atoms with van der Waals surface area (Å²) >= 11 is 0. The first-order valence-corrected chi connectivity index (χ1v) is 11.6. The van der Waals surface area contributed by atoms with Gasteiger partial charge in [-0.1, -0.05) is 60.7 Å². The zero-order valence-corrected chi connectivity index (χ0v) is 16.5. The summed E-state index contributed by atoms with van der Waals surface area (Å²) in [5.74, 6) is 0.993. The van der Waals surface area contributed by atoms with Crippen LogP contribution >= 0.6 is 0 Å². The Morgan fingerprint density at radius 3 is 2.19 bits per heavy atom. The van der Waals surface area contributed by atoms with Gasteiger partial charge < -0.3 is 0 Å². The highest BCUT2D eigenvalue weighted by Gasteiger charge is 2.17. The van der Waals surface area contributed by atoms with Crippen molar-refractivity contribution in [3.63, 3.8) is 0 Å². The second-order valence-electron chi connectivity index (χ2n) is 6.19. The molecule has 1 atom stereocenters. The van der Waals surface area contributed by atoms with Crippen molar-refractivity contribution in [1.82, 2.24) is 0 Å². The van der Waals surface area contributed by atoms with Crippen LogP contribution in [0.3, 0.4) is 0 Å². The first-order valence-electron chi connectivity index (χ1n) is 8.38. The molecule has 3 aromatic carbocycles. The van der Waals surface area contributed by atoms with Gasteiger partial charge >= 0.3 is 10.4 Å². The molecule has 0 spiro atoms. The van der Waals surface area contributed by atoms with Crippen LogP contribution in [0.1, 0.15) is 11.1 Å². The maximum absolute atomic E-state index is 10.8. The molecule has 0 amide bonds. The third-order valence-corrected chi connectivity index (χ3v) is 6.34. The monoisotopic (exact) mass is 401 g/mol. The van der Waals surface area contributed by atoms with Gasteiger partial charge in [-0.15, -0.1) is 0 Å². The quantitative estimate of drug-likeness (QED) is 0.468. The molecule has 0 saturated heterocycles. The van der Waals surface area contributed by atoms with Gasteiger partial charge in [-0.25, -0.2) is 4.18 Å². The van der Waals surface area contributed by atoms with Gasteiger partial charge in [0.25, 0.3) is 0 Å². The normalized spacial score (nSPS) is 12.7. The Morgan fingerprint density at radius 2 is 1.48 bits per heavy atom. The molecule has 0 bridgehead atoms. The SMILES string of the molecule is C[S+](Cc1ccccc1)c1cccc(-c2cccc(COS(=O)(=O)O)c2)c1. The van der Waals surface area contributed by atoms with Crippen molar-refractivity contribution in [3.05, 3.63) is 90.0 Å². The third kappa shape index (κ3) is 5.94. The maximum atomic E-state index is 10.8. The molecule has 0 heterocycles. The highest BCUT2D eigenvalue weighted by molar-refractivity contribution is 7.95. The zero-order chi connectivity index (χ0) is 19.3. The van der Waals surface area contributed by atoms with E-state index < -0.39 is 10.4 Å². The van der Waals surface area contributed by atoms with Gasteiger partial charge in [-0.05, 0) is 28.8 Å². The van der Waals surface area contributed by atoms with E-state index in [1.165, 1.54) is 10.5 Å². The van der Waals surface area contributed by atoms with Crippen LogP contribution in [-0.2, 0) is 37.8 Å². The van der Waals surface area contributed by atoms with Crippen molar-refractivity contribution < 1.29 is 17.2 Å². The fourth-order valence-corrected chi connectivity index (χ4v) is 4.57. The van der Waals surface area contributed by atoms with Crippen molar-refractivity contribution in [2.45, 2.75) is 17.3 Å². The van der Waals surface area contributed by atoms with E-state index in [0.29, 0.717) is 5.56 Å². The molecule has 4 nitrogen and oxygen atoms in total. The molecule has 1 N–H and O–H groups in total. The van der Waals surface area contributed by atoms with E-state index in [2.05, 4.69) is 46.8 Å². The standard InChI is InChI=1S/C21H20O4S2/c1-26(16-17-7-3-2-4-8-17)21-12-6-11-20(14-21)19-10-5-9-18(13-19)15-25-27(22,23)24/h2-14H,15-16H2,1H3/p+1. The van der Waals surface area contributed by atoms with Crippen LogP contribution in [0, 0.1) is 0 Å². The molecule has 27 heavy (non-hydrogen) atoms. The molecule has 0 saturated carbocycles. The van der Waals surface area contributed by atoms with Crippen molar-refractivity contribution in [1.29, 1.82) is 0 Å². The molecule has 1 unspecified atom stereocenters. The van der Waals surface area contributed by atoms with Crippen LogP contribution < -0.4 is 0 Å². The molecule has 0 aromatic heterocycles. The van der Waals surface area contributed by atoms with Gasteiger partial charge in [-0.3, -0.25) is 4.55 Å². The number of rotatable bonds is 7. The lowest BCUT2D eigenvalue weighted by Gasteiger charge is -2.08. The molecule has 0 aliphatic rings. The second-order valence-corrected chi connectivity index (χ2v) is 9.31. The predicted molar refractivity (Wildman–Crippen MR) is 110 cm³/mol. The summed E-state index contributed by atoms with van der Waals surface area (Å²) in [5.41, 5.74) is 4.03. The van der Waals surface area contributed by atoms with Crippen LogP contribution in [0.25, 0.3) is 11.1 Å². The number of benzene rings is 3. The Kier molecular flexibility index (Phi) is 6.34. The summed E-state index contributed by atoms with van der Waals surface area (Å²) in [5, 5.41) is 0. The molecule has 6 heteroatoms. The van der Waals surface area contributed by atoms with E-state index >= 15 is 0 Å². The molecule has 0 radical (unpaired) electrons. The van der Waals surface area contributed by atoms with Crippen molar-refractivity contribution in [2.24, 2.45) is 0 Å². The van der Waals surface area contributed by atoms with E-state index in [1.807, 2.05) is 36.4 Å². The highest BCUT2D eigenvalue weighted by Crippen LogP contribution is 2.25. The molecule has 140 valence electrons. The summed E-state index contributed by atoms with van der Waals surface area (Å²) in [6.07, 6.45) is 2.24. The lowest BCUT2D eigenvalue weighted by molar-refractivity contribution is 0.259. The average Bonchev–Trinajstić information content (AvgIpc) is 2.67. The highest BCUT2D eigenvalue weighted by atomic mass is 32.3. The Hall–Kier alpha value is -2.12. The Morgan fingerprint density at radius 1 is 0.852 bits per heavy atom. The molecule has 3 rings (SSSR count). The molecular formula is C21H21O4S2+. The fraction of sp³-hybridized carbons (Fsp3) is 0.143. The first kappa shape index (κ1) is 19.6. The van der Waals surface area contributed by atoms with Crippen LogP contribution in [0.5, 0.6) is 0 Å². The van der Waals surface area contributed by atoms with Gasteiger partial charge in [0.1, 0.15) is 12.0 Å². The minimum Gasteiger partial charge on any atom is -0.264 e. The Bertz CT molecular complexity index is 1000. The summed E-state index contributed by atoms with van der Waals surface area (Å²) in [6, 6.07) is 26.3. The summed E-state index contributed by atoms with van der Waals surface area (Å²) < 4.78 is 34.7. The summed E-state index contributed by atoms with van der Waals surface area (Å²) in [7, 11) is -4.37. The van der Waals surface area contributed by atoms with Gasteiger partial charge in [0, 0.05) is 22.5 Å². The van der Waals surface area contributed by atoms with E-state index in [1.54, 1.807) is 6.07 Å².